The van der Waals surface area contributed by atoms with Gasteiger partial charge in [0.25, 0.3) is 5.91 Å². The van der Waals surface area contributed by atoms with Crippen LogP contribution in [-0.2, 0) is 4.79 Å². The molecule has 0 aliphatic carbocycles. The van der Waals surface area contributed by atoms with Crippen molar-refractivity contribution in [2.75, 3.05) is 38.1 Å². The summed E-state index contributed by atoms with van der Waals surface area (Å²) >= 11 is 4.91. The van der Waals surface area contributed by atoms with Crippen molar-refractivity contribution in [3.63, 3.8) is 0 Å². The van der Waals surface area contributed by atoms with Crippen LogP contribution in [0.2, 0.25) is 0 Å². The van der Waals surface area contributed by atoms with Crippen molar-refractivity contribution in [1.82, 2.24) is 15.5 Å². The largest absolute Gasteiger partial charge is 0.369 e. The second-order valence-electron chi connectivity index (χ2n) is 5.35. The highest BCUT2D eigenvalue weighted by atomic mass is 32.1. The fourth-order valence-electron chi connectivity index (χ4n) is 2.50. The number of carbonyl (C=O) groups is 1. The number of hydrogen-bond donors (Lipinski definition) is 2. The number of benzene rings is 1. The zero-order chi connectivity index (χ0) is 14.8. The number of anilines is 1. The van der Waals surface area contributed by atoms with Gasteiger partial charge in [-0.05, 0) is 43.0 Å². The van der Waals surface area contributed by atoms with Crippen LogP contribution < -0.4 is 15.5 Å². The third-order valence-corrected chi connectivity index (χ3v) is 4.00. The van der Waals surface area contributed by atoms with Crippen LogP contribution in [0.3, 0.4) is 0 Å². The van der Waals surface area contributed by atoms with Gasteiger partial charge in [0, 0.05) is 31.9 Å². The SMILES string of the molecule is CN1CCN(c2ccc(/C=C3/NC(=S)NC3=O)cc2)CC1. The summed E-state index contributed by atoms with van der Waals surface area (Å²) in [6.45, 7) is 4.28. The van der Waals surface area contributed by atoms with Gasteiger partial charge in [-0.2, -0.15) is 0 Å². The lowest BCUT2D eigenvalue weighted by Gasteiger charge is -2.34. The minimum absolute atomic E-state index is 0.178. The van der Waals surface area contributed by atoms with E-state index in [9.17, 15) is 4.79 Å². The highest BCUT2D eigenvalue weighted by Gasteiger charge is 2.20. The Balaban J connectivity index is 1.71. The van der Waals surface area contributed by atoms with E-state index in [4.69, 9.17) is 12.2 Å². The van der Waals surface area contributed by atoms with Gasteiger partial charge in [0.1, 0.15) is 5.70 Å². The number of piperazine rings is 1. The molecule has 2 heterocycles. The molecule has 1 aromatic carbocycles. The zero-order valence-electron chi connectivity index (χ0n) is 11.9. The molecule has 0 unspecified atom stereocenters. The van der Waals surface area contributed by atoms with Gasteiger partial charge in [0.05, 0.1) is 0 Å². The Hall–Kier alpha value is -1.92. The van der Waals surface area contributed by atoms with Gasteiger partial charge in [-0.1, -0.05) is 12.1 Å². The normalized spacial score (nSPS) is 21.6. The van der Waals surface area contributed by atoms with Crippen LogP contribution in [0.15, 0.2) is 30.0 Å². The van der Waals surface area contributed by atoms with Crippen LogP contribution in [0.1, 0.15) is 5.56 Å². The molecule has 2 aliphatic heterocycles. The highest BCUT2D eigenvalue weighted by molar-refractivity contribution is 7.80. The lowest BCUT2D eigenvalue weighted by molar-refractivity contribution is -0.115. The second kappa shape index (κ2) is 5.83. The lowest BCUT2D eigenvalue weighted by Crippen LogP contribution is -2.44. The first-order valence-electron chi connectivity index (χ1n) is 6.99. The predicted molar refractivity (Wildman–Crippen MR) is 88.0 cm³/mol. The summed E-state index contributed by atoms with van der Waals surface area (Å²) in [7, 11) is 2.15. The van der Waals surface area contributed by atoms with Crippen LogP contribution in [0.4, 0.5) is 5.69 Å². The Morgan fingerprint density at radius 1 is 1.10 bits per heavy atom. The topological polar surface area (TPSA) is 47.6 Å². The maximum atomic E-state index is 11.6. The van der Waals surface area contributed by atoms with Gasteiger partial charge in [-0.3, -0.25) is 10.1 Å². The fourth-order valence-corrected chi connectivity index (χ4v) is 2.70. The van der Waals surface area contributed by atoms with Gasteiger partial charge in [-0.15, -0.1) is 0 Å². The van der Waals surface area contributed by atoms with Crippen molar-refractivity contribution in [2.45, 2.75) is 0 Å². The lowest BCUT2D eigenvalue weighted by atomic mass is 10.1. The van der Waals surface area contributed by atoms with E-state index in [1.54, 1.807) is 0 Å². The molecular weight excluding hydrogens is 284 g/mol. The van der Waals surface area contributed by atoms with E-state index in [0.29, 0.717) is 10.8 Å². The molecule has 2 aliphatic rings. The molecular formula is C15H18N4OS. The molecule has 21 heavy (non-hydrogen) atoms. The summed E-state index contributed by atoms with van der Waals surface area (Å²) in [5, 5.41) is 5.77. The van der Waals surface area contributed by atoms with Crippen LogP contribution in [0, 0.1) is 0 Å². The number of nitrogens with zero attached hydrogens (tertiary/aromatic N) is 2. The van der Waals surface area contributed by atoms with E-state index in [2.05, 4.69) is 39.6 Å². The number of thiocarbonyl (C=S) groups is 1. The Morgan fingerprint density at radius 3 is 2.33 bits per heavy atom. The van der Waals surface area contributed by atoms with Crippen LogP contribution in [-0.4, -0.2) is 49.1 Å². The highest BCUT2D eigenvalue weighted by Crippen LogP contribution is 2.18. The first kappa shape index (κ1) is 14.0. The molecule has 0 bridgehead atoms. The Kier molecular flexibility index (Phi) is 3.90. The minimum Gasteiger partial charge on any atom is -0.369 e. The number of nitrogens with one attached hydrogen (secondary N) is 2. The quantitative estimate of drug-likeness (QED) is 0.625. The first-order chi connectivity index (χ1) is 10.1. The summed E-state index contributed by atoms with van der Waals surface area (Å²) < 4.78 is 0. The van der Waals surface area contributed by atoms with Gasteiger partial charge >= 0.3 is 0 Å². The number of carbonyl (C=O) groups excluding carboxylic acids is 1. The molecule has 5 nitrogen and oxygen atoms in total. The third-order valence-electron chi connectivity index (χ3n) is 3.79. The van der Waals surface area contributed by atoms with Crippen molar-refractivity contribution >= 4 is 35.0 Å². The first-order valence-corrected chi connectivity index (χ1v) is 7.40. The molecule has 3 rings (SSSR count). The monoisotopic (exact) mass is 302 g/mol. The zero-order valence-corrected chi connectivity index (χ0v) is 12.7. The van der Waals surface area contributed by atoms with Crippen LogP contribution in [0.25, 0.3) is 6.08 Å². The summed E-state index contributed by atoms with van der Waals surface area (Å²) in [5.41, 5.74) is 2.70. The van der Waals surface area contributed by atoms with Crippen molar-refractivity contribution in [2.24, 2.45) is 0 Å². The molecule has 0 saturated carbocycles. The van der Waals surface area contributed by atoms with Crippen molar-refractivity contribution in [1.29, 1.82) is 0 Å². The number of amides is 1. The molecule has 2 N–H and O–H groups in total. The van der Waals surface area contributed by atoms with Gasteiger partial charge in [0.15, 0.2) is 5.11 Å². The molecule has 2 fully saturated rings. The second-order valence-corrected chi connectivity index (χ2v) is 5.76. The number of hydrogen-bond acceptors (Lipinski definition) is 4. The molecule has 1 aromatic rings. The fraction of sp³-hybridized carbons (Fsp3) is 0.333. The van der Waals surface area contributed by atoms with E-state index in [1.807, 2.05) is 18.2 Å². The summed E-state index contributed by atoms with van der Waals surface area (Å²) in [5.74, 6) is -0.178. The molecule has 1 amide bonds. The summed E-state index contributed by atoms with van der Waals surface area (Å²) in [4.78, 5) is 16.3. The van der Waals surface area contributed by atoms with Crippen molar-refractivity contribution < 1.29 is 4.79 Å². The average molecular weight is 302 g/mol. The Morgan fingerprint density at radius 2 is 1.76 bits per heavy atom. The standard InChI is InChI=1S/C15H18N4OS/c1-18-6-8-19(9-7-18)12-4-2-11(3-5-12)10-13-14(20)17-15(21)16-13/h2-5,10H,6-9H2,1H3,(H2,16,17,20,21)/b13-10+. The van der Waals surface area contributed by atoms with E-state index in [0.717, 1.165) is 31.7 Å². The number of rotatable bonds is 2. The van der Waals surface area contributed by atoms with Crippen LogP contribution in [0.5, 0.6) is 0 Å². The molecule has 0 spiro atoms. The summed E-state index contributed by atoms with van der Waals surface area (Å²) in [6, 6.07) is 8.25. The number of likely N-dealkylation sites (N-methyl/N-ethyl adjacent to an activating group) is 1. The molecule has 0 aromatic heterocycles. The van der Waals surface area contributed by atoms with E-state index in [-0.39, 0.29) is 5.91 Å². The maximum absolute atomic E-state index is 11.6. The molecule has 0 radical (unpaired) electrons. The molecule has 0 atom stereocenters. The third kappa shape index (κ3) is 3.22. The van der Waals surface area contributed by atoms with E-state index >= 15 is 0 Å². The van der Waals surface area contributed by atoms with Gasteiger partial charge in [0.2, 0.25) is 0 Å². The minimum atomic E-state index is -0.178. The van der Waals surface area contributed by atoms with Gasteiger partial charge in [-0.25, -0.2) is 0 Å². The molecule has 110 valence electrons. The Labute approximate surface area is 129 Å². The molecule has 6 heteroatoms. The van der Waals surface area contributed by atoms with Gasteiger partial charge < -0.3 is 15.1 Å². The predicted octanol–water partition coefficient (Wildman–Crippen LogP) is 0.784. The average Bonchev–Trinajstić information content (AvgIpc) is 2.79. The molecule has 2 saturated heterocycles. The van der Waals surface area contributed by atoms with E-state index < -0.39 is 0 Å². The maximum Gasteiger partial charge on any atom is 0.273 e. The smallest absolute Gasteiger partial charge is 0.273 e. The summed E-state index contributed by atoms with van der Waals surface area (Å²) in [6.07, 6.45) is 1.81. The van der Waals surface area contributed by atoms with Crippen LogP contribution >= 0.6 is 12.2 Å². The Bertz CT molecular complexity index is 588. The van der Waals surface area contributed by atoms with E-state index in [1.165, 1.54) is 5.69 Å². The van der Waals surface area contributed by atoms with Crippen molar-refractivity contribution in [3.05, 3.63) is 35.5 Å². The van der Waals surface area contributed by atoms with Crippen molar-refractivity contribution in [3.8, 4) is 0 Å².